The fraction of sp³-hybridized carbons (Fsp3) is 0.167. The third-order valence-electron chi connectivity index (χ3n) is 1.89. The summed E-state index contributed by atoms with van der Waals surface area (Å²) in [5, 5.41) is 9.50. The number of methoxy groups -OCH3 is 1. The molecule has 0 saturated carbocycles. The third kappa shape index (κ3) is 3.98. The van der Waals surface area contributed by atoms with Gasteiger partial charge in [-0.25, -0.2) is 4.79 Å². The molecule has 1 aromatic carbocycles. The monoisotopic (exact) mass is 235 g/mol. The Morgan fingerprint density at radius 3 is 2.82 bits per heavy atom. The Morgan fingerprint density at radius 2 is 2.24 bits per heavy atom. The summed E-state index contributed by atoms with van der Waals surface area (Å²) >= 11 is 0. The molecule has 0 atom stereocenters. The molecule has 90 valence electrons. The number of benzene rings is 1. The molecule has 0 heterocycles. The number of aliphatic imine (C=N–C) groups is 1. The second-order valence-electron chi connectivity index (χ2n) is 3.07. The highest BCUT2D eigenvalue weighted by Gasteiger charge is 2.01. The molecule has 0 unspecified atom stereocenters. The predicted octanol–water partition coefficient (Wildman–Crippen LogP) is 1.62. The molecule has 1 aromatic rings. The molecule has 0 saturated heterocycles. The number of hydrogen-bond acceptors (Lipinski definition) is 5. The Balaban J connectivity index is 2.71. The van der Waals surface area contributed by atoms with Crippen molar-refractivity contribution < 1.29 is 19.4 Å². The summed E-state index contributed by atoms with van der Waals surface area (Å²) in [5.41, 5.74) is 0.661. The SMILES string of the molecule is CN=COC(=O)C=Cc1ccc(OC)c(O)c1. The van der Waals surface area contributed by atoms with Crippen molar-refractivity contribution >= 4 is 18.4 Å². The molecule has 0 amide bonds. The van der Waals surface area contributed by atoms with Crippen molar-refractivity contribution in [3.8, 4) is 11.5 Å². The number of nitrogens with zero attached hydrogens (tertiary/aromatic N) is 1. The van der Waals surface area contributed by atoms with Crippen molar-refractivity contribution in [3.05, 3.63) is 29.8 Å². The summed E-state index contributed by atoms with van der Waals surface area (Å²) in [6.07, 6.45) is 3.81. The first-order valence-corrected chi connectivity index (χ1v) is 4.83. The standard InChI is InChI=1S/C12H13NO4/c1-13-8-17-12(15)6-4-9-3-5-11(16-2)10(14)7-9/h3-8,14H,1-2H3. The van der Waals surface area contributed by atoms with E-state index in [0.29, 0.717) is 11.3 Å². The lowest BCUT2D eigenvalue weighted by Crippen LogP contribution is -1.97. The zero-order valence-electron chi connectivity index (χ0n) is 9.58. The van der Waals surface area contributed by atoms with Crippen LogP contribution in [0.2, 0.25) is 0 Å². The van der Waals surface area contributed by atoms with Gasteiger partial charge in [0.25, 0.3) is 0 Å². The van der Waals surface area contributed by atoms with Crippen molar-refractivity contribution in [1.29, 1.82) is 0 Å². The van der Waals surface area contributed by atoms with Crippen LogP contribution in [0.25, 0.3) is 6.08 Å². The van der Waals surface area contributed by atoms with E-state index in [9.17, 15) is 9.90 Å². The highest BCUT2D eigenvalue weighted by atomic mass is 16.5. The van der Waals surface area contributed by atoms with E-state index in [-0.39, 0.29) is 5.75 Å². The maximum Gasteiger partial charge on any atom is 0.337 e. The van der Waals surface area contributed by atoms with E-state index < -0.39 is 5.97 Å². The van der Waals surface area contributed by atoms with Gasteiger partial charge >= 0.3 is 5.97 Å². The first kappa shape index (κ1) is 12.8. The van der Waals surface area contributed by atoms with Crippen molar-refractivity contribution in [2.24, 2.45) is 4.99 Å². The molecule has 0 aliphatic carbocycles. The topological polar surface area (TPSA) is 68.1 Å². The number of aromatic hydroxyl groups is 1. The molecule has 17 heavy (non-hydrogen) atoms. The number of carbonyl (C=O) groups is 1. The largest absolute Gasteiger partial charge is 0.504 e. The molecule has 0 bridgehead atoms. The quantitative estimate of drug-likeness (QED) is 0.372. The average molecular weight is 235 g/mol. The van der Waals surface area contributed by atoms with Gasteiger partial charge in [-0.2, -0.15) is 0 Å². The van der Waals surface area contributed by atoms with Crippen LogP contribution in [0.1, 0.15) is 5.56 Å². The summed E-state index contributed by atoms with van der Waals surface area (Å²) in [6.45, 7) is 0. The van der Waals surface area contributed by atoms with Crippen molar-refractivity contribution in [2.45, 2.75) is 0 Å². The summed E-state index contributed by atoms with van der Waals surface area (Å²) < 4.78 is 9.48. The van der Waals surface area contributed by atoms with Gasteiger partial charge < -0.3 is 14.6 Å². The van der Waals surface area contributed by atoms with Crippen LogP contribution in [0, 0.1) is 0 Å². The Labute approximate surface area is 99.0 Å². The van der Waals surface area contributed by atoms with Gasteiger partial charge in [-0.05, 0) is 23.8 Å². The number of phenolic OH excluding ortho intramolecular Hbond substituents is 1. The van der Waals surface area contributed by atoms with Gasteiger partial charge in [-0.15, -0.1) is 0 Å². The van der Waals surface area contributed by atoms with Gasteiger partial charge in [0.1, 0.15) is 0 Å². The molecule has 0 aromatic heterocycles. The fourth-order valence-corrected chi connectivity index (χ4v) is 1.12. The summed E-state index contributed by atoms with van der Waals surface area (Å²) in [5.74, 6) is -0.146. The Bertz CT molecular complexity index is 452. The molecule has 0 fully saturated rings. The summed E-state index contributed by atoms with van der Waals surface area (Å²) in [4.78, 5) is 14.6. The molecule has 1 rings (SSSR count). The molecule has 0 spiro atoms. The van der Waals surface area contributed by atoms with E-state index in [1.54, 1.807) is 12.1 Å². The number of ether oxygens (including phenoxy) is 2. The zero-order chi connectivity index (χ0) is 12.7. The van der Waals surface area contributed by atoms with E-state index in [1.165, 1.54) is 32.4 Å². The molecule has 0 aliphatic rings. The lowest BCUT2D eigenvalue weighted by atomic mass is 10.2. The first-order valence-electron chi connectivity index (χ1n) is 4.83. The zero-order valence-corrected chi connectivity index (χ0v) is 9.58. The van der Waals surface area contributed by atoms with Crippen LogP contribution >= 0.6 is 0 Å². The minimum absolute atomic E-state index is 0.0122. The lowest BCUT2D eigenvalue weighted by molar-refractivity contribution is -0.129. The predicted molar refractivity (Wildman–Crippen MR) is 64.2 cm³/mol. The number of hydrogen-bond donors (Lipinski definition) is 1. The van der Waals surface area contributed by atoms with Crippen LogP contribution in [-0.2, 0) is 9.53 Å². The molecule has 5 heteroatoms. The smallest absolute Gasteiger partial charge is 0.337 e. The maximum absolute atomic E-state index is 11.1. The van der Waals surface area contributed by atoms with Gasteiger partial charge in [-0.1, -0.05) is 6.07 Å². The first-order chi connectivity index (χ1) is 8.17. The Morgan fingerprint density at radius 1 is 1.47 bits per heavy atom. The Kier molecular flexibility index (Phi) is 4.75. The highest BCUT2D eigenvalue weighted by Crippen LogP contribution is 2.26. The Hall–Kier alpha value is -2.30. The number of esters is 1. The summed E-state index contributed by atoms with van der Waals surface area (Å²) in [7, 11) is 2.96. The van der Waals surface area contributed by atoms with E-state index >= 15 is 0 Å². The van der Waals surface area contributed by atoms with Gasteiger partial charge in [0.15, 0.2) is 17.9 Å². The number of phenols is 1. The minimum atomic E-state index is -0.536. The molecular weight excluding hydrogens is 222 g/mol. The fourth-order valence-electron chi connectivity index (χ4n) is 1.12. The van der Waals surface area contributed by atoms with Gasteiger partial charge in [0.2, 0.25) is 0 Å². The highest BCUT2D eigenvalue weighted by molar-refractivity contribution is 5.91. The number of rotatable bonds is 4. The molecule has 5 nitrogen and oxygen atoms in total. The maximum atomic E-state index is 11.1. The number of carbonyl (C=O) groups excluding carboxylic acids is 1. The molecule has 1 N–H and O–H groups in total. The van der Waals surface area contributed by atoms with Crippen molar-refractivity contribution in [2.75, 3.05) is 14.2 Å². The minimum Gasteiger partial charge on any atom is -0.504 e. The van der Waals surface area contributed by atoms with Crippen LogP contribution in [0.4, 0.5) is 0 Å². The van der Waals surface area contributed by atoms with E-state index in [2.05, 4.69) is 9.73 Å². The third-order valence-corrected chi connectivity index (χ3v) is 1.89. The van der Waals surface area contributed by atoms with Crippen LogP contribution in [0.5, 0.6) is 11.5 Å². The van der Waals surface area contributed by atoms with Crippen LogP contribution < -0.4 is 4.74 Å². The van der Waals surface area contributed by atoms with Gasteiger partial charge in [-0.3, -0.25) is 4.99 Å². The molecule has 0 radical (unpaired) electrons. The van der Waals surface area contributed by atoms with Gasteiger partial charge in [0, 0.05) is 13.1 Å². The molecule has 0 aliphatic heterocycles. The van der Waals surface area contributed by atoms with Gasteiger partial charge in [0.05, 0.1) is 7.11 Å². The molecular formula is C12H13NO4. The normalized spacial score (nSPS) is 10.9. The van der Waals surface area contributed by atoms with Crippen LogP contribution in [0.3, 0.4) is 0 Å². The van der Waals surface area contributed by atoms with Crippen LogP contribution in [0.15, 0.2) is 29.3 Å². The summed E-state index contributed by atoms with van der Waals surface area (Å²) in [6, 6.07) is 4.79. The second-order valence-corrected chi connectivity index (χ2v) is 3.07. The van der Waals surface area contributed by atoms with Crippen molar-refractivity contribution in [1.82, 2.24) is 0 Å². The lowest BCUT2D eigenvalue weighted by Gasteiger charge is -2.03. The van der Waals surface area contributed by atoms with Crippen molar-refractivity contribution in [3.63, 3.8) is 0 Å². The van der Waals surface area contributed by atoms with E-state index in [1.807, 2.05) is 0 Å². The van der Waals surface area contributed by atoms with E-state index in [0.717, 1.165) is 6.40 Å². The van der Waals surface area contributed by atoms with Crippen LogP contribution in [-0.4, -0.2) is 31.6 Å². The average Bonchev–Trinajstić information content (AvgIpc) is 2.34. The second kappa shape index (κ2) is 6.32. The van der Waals surface area contributed by atoms with E-state index in [4.69, 9.17) is 4.74 Å².